The number of aliphatic hydroxyl groups is 1. The quantitative estimate of drug-likeness (QED) is 0.857. The first-order chi connectivity index (χ1) is 7.28. The van der Waals surface area contributed by atoms with Crippen LogP contribution in [-0.4, -0.2) is 15.2 Å². The van der Waals surface area contributed by atoms with Crippen LogP contribution in [0.1, 0.15) is 58.9 Å². The number of aliphatic hydroxyl groups excluding tert-OH is 1. The highest BCUT2D eigenvalue weighted by molar-refractivity contribution is 4.90. The average molecular weight is 226 g/mol. The highest BCUT2D eigenvalue weighted by Crippen LogP contribution is 2.26. The number of aromatic nitrogens is 2. The summed E-state index contributed by atoms with van der Waals surface area (Å²) >= 11 is 0. The number of nitrogens with zero attached hydrogens (tertiary/aromatic N) is 2. The smallest absolute Gasteiger partial charge is 0.227 e. The molecule has 0 aliphatic carbocycles. The minimum atomic E-state index is -0.657. The van der Waals surface area contributed by atoms with Gasteiger partial charge in [-0.2, -0.15) is 4.98 Å². The van der Waals surface area contributed by atoms with Gasteiger partial charge in [-0.15, -0.1) is 0 Å². The Morgan fingerprint density at radius 1 is 1.31 bits per heavy atom. The third-order valence-electron chi connectivity index (χ3n) is 2.34. The lowest BCUT2D eigenvalue weighted by molar-refractivity contribution is 0.184. The van der Waals surface area contributed by atoms with Crippen molar-refractivity contribution < 1.29 is 9.63 Å². The molecular weight excluding hydrogens is 204 g/mol. The molecule has 0 bridgehead atoms. The van der Waals surface area contributed by atoms with Crippen molar-refractivity contribution in [1.82, 2.24) is 10.1 Å². The summed E-state index contributed by atoms with van der Waals surface area (Å²) in [6.45, 7) is 10.5. The fourth-order valence-electron chi connectivity index (χ4n) is 1.94. The maximum atomic E-state index is 9.27. The van der Waals surface area contributed by atoms with Gasteiger partial charge in [-0.05, 0) is 24.7 Å². The van der Waals surface area contributed by atoms with Crippen LogP contribution < -0.4 is 0 Å². The van der Waals surface area contributed by atoms with E-state index in [0.29, 0.717) is 23.0 Å². The summed E-state index contributed by atoms with van der Waals surface area (Å²) in [5.74, 6) is 1.49. The highest BCUT2D eigenvalue weighted by Gasteiger charge is 2.18. The molecule has 2 atom stereocenters. The van der Waals surface area contributed by atoms with Gasteiger partial charge in [0.1, 0.15) is 6.10 Å². The molecule has 1 N–H and O–H groups in total. The Hall–Kier alpha value is -0.900. The molecule has 0 fully saturated rings. The first-order valence-corrected chi connectivity index (χ1v) is 5.78. The van der Waals surface area contributed by atoms with Crippen molar-refractivity contribution in [2.24, 2.45) is 11.3 Å². The molecule has 0 amide bonds. The average Bonchev–Trinajstić information content (AvgIpc) is 2.48. The highest BCUT2D eigenvalue weighted by atomic mass is 16.5. The first-order valence-electron chi connectivity index (χ1n) is 5.78. The van der Waals surface area contributed by atoms with E-state index in [1.54, 1.807) is 6.92 Å². The number of rotatable bonds is 4. The molecule has 0 saturated carbocycles. The number of hydrogen-bond donors (Lipinski definition) is 1. The summed E-state index contributed by atoms with van der Waals surface area (Å²) in [5, 5.41) is 13.0. The maximum absolute atomic E-state index is 9.27. The normalized spacial score (nSPS) is 16.1. The Labute approximate surface area is 97.1 Å². The molecule has 1 heterocycles. The van der Waals surface area contributed by atoms with Crippen molar-refractivity contribution in [1.29, 1.82) is 0 Å². The summed E-state index contributed by atoms with van der Waals surface area (Å²) in [5.41, 5.74) is 0.312. The van der Waals surface area contributed by atoms with Crippen molar-refractivity contribution in [3.63, 3.8) is 0 Å². The van der Waals surface area contributed by atoms with Gasteiger partial charge in [0, 0.05) is 6.42 Å². The molecule has 1 aromatic heterocycles. The Morgan fingerprint density at radius 3 is 2.38 bits per heavy atom. The van der Waals surface area contributed by atoms with E-state index in [1.807, 2.05) is 0 Å². The molecule has 4 nitrogen and oxygen atoms in total. The zero-order chi connectivity index (χ0) is 12.3. The van der Waals surface area contributed by atoms with E-state index in [1.165, 1.54) is 0 Å². The van der Waals surface area contributed by atoms with Crippen LogP contribution in [0.25, 0.3) is 0 Å². The summed E-state index contributed by atoms with van der Waals surface area (Å²) in [7, 11) is 0. The van der Waals surface area contributed by atoms with Crippen LogP contribution >= 0.6 is 0 Å². The van der Waals surface area contributed by atoms with Crippen LogP contribution in [-0.2, 0) is 6.42 Å². The van der Waals surface area contributed by atoms with Crippen molar-refractivity contribution in [3.8, 4) is 0 Å². The van der Waals surface area contributed by atoms with Gasteiger partial charge in [-0.3, -0.25) is 0 Å². The summed E-state index contributed by atoms with van der Waals surface area (Å²) in [4.78, 5) is 4.15. The van der Waals surface area contributed by atoms with Gasteiger partial charge in [0.2, 0.25) is 5.89 Å². The van der Waals surface area contributed by atoms with Crippen molar-refractivity contribution in [2.45, 2.75) is 53.6 Å². The monoisotopic (exact) mass is 226 g/mol. The summed E-state index contributed by atoms with van der Waals surface area (Å²) in [6.07, 6.45) is 1.23. The van der Waals surface area contributed by atoms with E-state index in [0.717, 1.165) is 12.8 Å². The van der Waals surface area contributed by atoms with E-state index in [2.05, 4.69) is 37.8 Å². The van der Waals surface area contributed by atoms with Crippen LogP contribution in [0.5, 0.6) is 0 Å². The Bertz CT molecular complexity index is 326. The van der Waals surface area contributed by atoms with Crippen LogP contribution in [0.3, 0.4) is 0 Å². The molecule has 2 unspecified atom stereocenters. The summed E-state index contributed by atoms with van der Waals surface area (Å²) < 4.78 is 5.09. The van der Waals surface area contributed by atoms with Crippen LogP contribution in [0.2, 0.25) is 0 Å². The Balaban J connectivity index is 2.53. The predicted octanol–water partition coefficient (Wildman–Crippen LogP) is 2.74. The molecule has 0 saturated heterocycles. The minimum absolute atomic E-state index is 0.312. The molecule has 1 aromatic rings. The predicted molar refractivity (Wildman–Crippen MR) is 61.9 cm³/mol. The van der Waals surface area contributed by atoms with Gasteiger partial charge in [0.25, 0.3) is 0 Å². The van der Waals surface area contributed by atoms with E-state index < -0.39 is 6.10 Å². The molecule has 92 valence electrons. The van der Waals surface area contributed by atoms with Gasteiger partial charge in [-0.1, -0.05) is 32.9 Å². The molecule has 0 aliphatic rings. The van der Waals surface area contributed by atoms with Gasteiger partial charge in [-0.25, -0.2) is 0 Å². The second kappa shape index (κ2) is 4.95. The van der Waals surface area contributed by atoms with E-state index in [-0.39, 0.29) is 0 Å². The molecule has 4 heteroatoms. The molecular formula is C12H22N2O2. The fraction of sp³-hybridized carbons (Fsp3) is 0.833. The molecule has 1 rings (SSSR count). The molecule has 0 radical (unpaired) electrons. The van der Waals surface area contributed by atoms with Gasteiger partial charge >= 0.3 is 0 Å². The largest absolute Gasteiger partial charge is 0.385 e. The Kier molecular flexibility index (Phi) is 4.08. The third kappa shape index (κ3) is 4.31. The van der Waals surface area contributed by atoms with Gasteiger partial charge in [0.05, 0.1) is 0 Å². The van der Waals surface area contributed by atoms with Gasteiger partial charge < -0.3 is 9.63 Å². The lowest BCUT2D eigenvalue weighted by Crippen LogP contribution is -2.13. The van der Waals surface area contributed by atoms with Gasteiger partial charge in [0.15, 0.2) is 5.82 Å². The summed E-state index contributed by atoms with van der Waals surface area (Å²) in [6, 6.07) is 0. The SMILES string of the molecule is CC(Cc1nc(C(C)O)no1)CC(C)(C)C. The minimum Gasteiger partial charge on any atom is -0.385 e. The van der Waals surface area contributed by atoms with E-state index >= 15 is 0 Å². The second-order valence-electron chi connectivity index (χ2n) is 5.80. The molecule has 0 spiro atoms. The van der Waals surface area contributed by atoms with Crippen molar-refractivity contribution in [3.05, 3.63) is 11.7 Å². The maximum Gasteiger partial charge on any atom is 0.227 e. The lowest BCUT2D eigenvalue weighted by atomic mass is 9.84. The number of hydrogen-bond acceptors (Lipinski definition) is 4. The molecule has 16 heavy (non-hydrogen) atoms. The van der Waals surface area contributed by atoms with Crippen LogP contribution in [0.4, 0.5) is 0 Å². The van der Waals surface area contributed by atoms with E-state index in [4.69, 9.17) is 4.52 Å². The Morgan fingerprint density at radius 2 is 1.94 bits per heavy atom. The van der Waals surface area contributed by atoms with E-state index in [9.17, 15) is 5.11 Å². The lowest BCUT2D eigenvalue weighted by Gasteiger charge is -2.22. The first kappa shape index (κ1) is 13.2. The van der Waals surface area contributed by atoms with Crippen LogP contribution in [0, 0.1) is 11.3 Å². The second-order valence-corrected chi connectivity index (χ2v) is 5.80. The standard InChI is InChI=1S/C12H22N2O2/c1-8(7-12(3,4)5)6-10-13-11(9(2)15)14-16-10/h8-9,15H,6-7H2,1-5H3. The van der Waals surface area contributed by atoms with Crippen LogP contribution in [0.15, 0.2) is 4.52 Å². The van der Waals surface area contributed by atoms with Crippen molar-refractivity contribution >= 4 is 0 Å². The molecule has 0 aromatic carbocycles. The van der Waals surface area contributed by atoms with Crippen molar-refractivity contribution in [2.75, 3.05) is 0 Å². The third-order valence-corrected chi connectivity index (χ3v) is 2.34. The molecule has 0 aliphatic heterocycles. The fourth-order valence-corrected chi connectivity index (χ4v) is 1.94. The zero-order valence-electron chi connectivity index (χ0n) is 10.8. The topological polar surface area (TPSA) is 59.2 Å². The zero-order valence-corrected chi connectivity index (χ0v) is 10.8.